The lowest BCUT2D eigenvalue weighted by Gasteiger charge is -1.99. The third-order valence-corrected chi connectivity index (χ3v) is 3.82. The van der Waals surface area contributed by atoms with Crippen LogP contribution >= 0.6 is 11.3 Å². The van der Waals surface area contributed by atoms with E-state index in [-0.39, 0.29) is 5.78 Å². The smallest absolute Gasteiger partial charge is 0.184 e. The number of rotatable bonds is 6. The van der Waals surface area contributed by atoms with Crippen molar-refractivity contribution in [1.29, 1.82) is 0 Å². The zero-order chi connectivity index (χ0) is 13.8. The van der Waals surface area contributed by atoms with Crippen molar-refractivity contribution in [2.45, 2.75) is 19.4 Å². The Balaban J connectivity index is 1.57. The quantitative estimate of drug-likeness (QED) is 0.653. The van der Waals surface area contributed by atoms with E-state index in [1.54, 1.807) is 29.9 Å². The number of hydrogen-bond donors (Lipinski definition) is 0. The molecule has 3 heterocycles. The maximum absolute atomic E-state index is 12.0. The highest BCUT2D eigenvalue weighted by atomic mass is 32.1. The first-order chi connectivity index (χ1) is 9.83. The van der Waals surface area contributed by atoms with Gasteiger partial charge in [0.25, 0.3) is 0 Å². The monoisotopic (exact) mass is 287 g/mol. The van der Waals surface area contributed by atoms with E-state index >= 15 is 0 Å². The summed E-state index contributed by atoms with van der Waals surface area (Å²) in [6.45, 7) is 0.779. The summed E-state index contributed by atoms with van der Waals surface area (Å²) < 4.78 is 7.16. The molecule has 5 nitrogen and oxygen atoms in total. The normalized spacial score (nSPS) is 10.8. The van der Waals surface area contributed by atoms with Crippen LogP contribution in [0, 0.1) is 0 Å². The van der Waals surface area contributed by atoms with Gasteiger partial charge in [-0.1, -0.05) is 11.2 Å². The molecule has 3 aromatic rings. The first-order valence-electron chi connectivity index (χ1n) is 6.32. The number of aryl methyl sites for hydroxylation is 1. The summed E-state index contributed by atoms with van der Waals surface area (Å²) in [6, 6.07) is 5.60. The lowest BCUT2D eigenvalue weighted by molar-refractivity contribution is 0.0970. The number of thiophene rings is 1. The summed E-state index contributed by atoms with van der Waals surface area (Å²) in [7, 11) is 0. The Hall–Kier alpha value is -2.21. The topological polar surface area (TPSA) is 60.9 Å². The second-order valence-electron chi connectivity index (χ2n) is 4.38. The van der Waals surface area contributed by atoms with Gasteiger partial charge in [0.15, 0.2) is 11.5 Å². The molecule has 0 aliphatic heterocycles. The SMILES string of the molecule is O=C(CCCn1ccnc1)c1cc(-c2cccs2)on1. The van der Waals surface area contributed by atoms with Gasteiger partial charge < -0.3 is 9.09 Å². The second-order valence-corrected chi connectivity index (χ2v) is 5.33. The third-order valence-electron chi connectivity index (χ3n) is 2.94. The lowest BCUT2D eigenvalue weighted by Crippen LogP contribution is -2.02. The molecule has 0 unspecified atom stereocenters. The van der Waals surface area contributed by atoms with E-state index in [1.807, 2.05) is 28.3 Å². The molecule has 3 rings (SSSR count). The fourth-order valence-corrected chi connectivity index (χ4v) is 2.58. The number of Topliss-reactive ketones (excluding diaryl/α,β-unsaturated/α-hetero) is 1. The van der Waals surface area contributed by atoms with Crippen LogP contribution in [0.1, 0.15) is 23.3 Å². The Morgan fingerprint density at radius 2 is 2.40 bits per heavy atom. The lowest BCUT2D eigenvalue weighted by atomic mass is 10.1. The third kappa shape index (κ3) is 2.85. The zero-order valence-electron chi connectivity index (χ0n) is 10.7. The van der Waals surface area contributed by atoms with Gasteiger partial charge >= 0.3 is 0 Å². The van der Waals surface area contributed by atoms with Crippen LogP contribution in [0.4, 0.5) is 0 Å². The molecule has 3 aromatic heterocycles. The number of nitrogens with zero attached hydrogens (tertiary/aromatic N) is 3. The number of imidazole rings is 1. The molecule has 6 heteroatoms. The van der Waals surface area contributed by atoms with Crippen LogP contribution in [-0.2, 0) is 6.54 Å². The average molecular weight is 287 g/mol. The Labute approximate surface area is 119 Å². The number of carbonyl (C=O) groups excluding carboxylic acids is 1. The van der Waals surface area contributed by atoms with Crippen molar-refractivity contribution in [2.75, 3.05) is 0 Å². The van der Waals surface area contributed by atoms with E-state index in [2.05, 4.69) is 10.1 Å². The summed E-state index contributed by atoms with van der Waals surface area (Å²) in [4.78, 5) is 17.0. The molecule has 0 aliphatic carbocycles. The van der Waals surface area contributed by atoms with Crippen molar-refractivity contribution in [3.63, 3.8) is 0 Å². The van der Waals surface area contributed by atoms with Crippen LogP contribution < -0.4 is 0 Å². The second kappa shape index (κ2) is 5.83. The van der Waals surface area contributed by atoms with Gasteiger partial charge in [-0.05, 0) is 17.9 Å². The molecule has 0 aromatic carbocycles. The number of hydrogen-bond acceptors (Lipinski definition) is 5. The molecule has 0 spiro atoms. The van der Waals surface area contributed by atoms with Gasteiger partial charge in [-0.25, -0.2) is 4.98 Å². The highest BCUT2D eigenvalue weighted by molar-refractivity contribution is 7.13. The summed E-state index contributed by atoms with van der Waals surface area (Å²) in [5.74, 6) is 0.662. The largest absolute Gasteiger partial charge is 0.355 e. The van der Waals surface area contributed by atoms with Crippen molar-refractivity contribution < 1.29 is 9.32 Å². The Bertz CT molecular complexity index is 671. The molecule has 0 aliphatic rings. The predicted molar refractivity (Wildman–Crippen MR) is 75.6 cm³/mol. The minimum atomic E-state index is 0.0108. The maximum atomic E-state index is 12.0. The maximum Gasteiger partial charge on any atom is 0.184 e. The van der Waals surface area contributed by atoms with Gasteiger partial charge in [0.2, 0.25) is 0 Å². The highest BCUT2D eigenvalue weighted by Gasteiger charge is 2.13. The van der Waals surface area contributed by atoms with E-state index in [4.69, 9.17) is 4.52 Å². The van der Waals surface area contributed by atoms with Gasteiger partial charge in [0, 0.05) is 31.4 Å². The predicted octanol–water partition coefficient (Wildman–Crippen LogP) is 3.26. The van der Waals surface area contributed by atoms with E-state index in [1.165, 1.54) is 0 Å². The summed E-state index contributed by atoms with van der Waals surface area (Å²) in [5.41, 5.74) is 0.402. The molecule has 0 amide bonds. The summed E-state index contributed by atoms with van der Waals surface area (Å²) in [6.07, 6.45) is 6.57. The standard InChI is InChI=1S/C14H13N3O2S/c18-12(3-1-6-17-7-5-15-10-17)11-9-13(19-16-11)14-4-2-8-20-14/h2,4-5,7-10H,1,3,6H2. The van der Waals surface area contributed by atoms with Gasteiger partial charge in [-0.15, -0.1) is 11.3 Å². The minimum Gasteiger partial charge on any atom is -0.355 e. The fraction of sp³-hybridized carbons (Fsp3) is 0.214. The van der Waals surface area contributed by atoms with Crippen molar-refractivity contribution >= 4 is 17.1 Å². The average Bonchev–Trinajstić information content (AvgIpc) is 3.20. The molecule has 0 fully saturated rings. The van der Waals surface area contributed by atoms with Crippen molar-refractivity contribution in [3.05, 3.63) is 48.0 Å². The molecule has 0 saturated heterocycles. The zero-order valence-corrected chi connectivity index (χ0v) is 11.5. The number of aromatic nitrogens is 3. The van der Waals surface area contributed by atoms with E-state index in [0.717, 1.165) is 17.8 Å². The van der Waals surface area contributed by atoms with Gasteiger partial charge in [0.1, 0.15) is 5.69 Å². The first-order valence-corrected chi connectivity index (χ1v) is 7.20. The molecule has 20 heavy (non-hydrogen) atoms. The number of carbonyl (C=O) groups is 1. The van der Waals surface area contributed by atoms with Gasteiger partial charge in [-0.2, -0.15) is 0 Å². The first kappa shape index (κ1) is 12.8. The van der Waals surface area contributed by atoms with Crippen LogP contribution in [-0.4, -0.2) is 20.5 Å². The molecule has 0 saturated carbocycles. The molecule has 0 bridgehead atoms. The van der Waals surface area contributed by atoms with E-state index < -0.39 is 0 Å². The molecule has 0 N–H and O–H groups in total. The van der Waals surface area contributed by atoms with Crippen molar-refractivity contribution in [1.82, 2.24) is 14.7 Å². The molecular weight excluding hydrogens is 274 g/mol. The van der Waals surface area contributed by atoms with Crippen molar-refractivity contribution in [3.8, 4) is 10.6 Å². The Morgan fingerprint density at radius 1 is 1.45 bits per heavy atom. The van der Waals surface area contributed by atoms with Crippen LogP contribution in [0.2, 0.25) is 0 Å². The minimum absolute atomic E-state index is 0.0108. The fourth-order valence-electron chi connectivity index (χ4n) is 1.91. The van der Waals surface area contributed by atoms with Gasteiger partial charge in [-0.3, -0.25) is 4.79 Å². The Morgan fingerprint density at radius 3 is 3.15 bits per heavy atom. The summed E-state index contributed by atoms with van der Waals surface area (Å²) >= 11 is 1.56. The molecule has 0 radical (unpaired) electrons. The Kier molecular flexibility index (Phi) is 3.73. The molecular formula is C14H13N3O2S. The van der Waals surface area contributed by atoms with Crippen molar-refractivity contribution in [2.24, 2.45) is 0 Å². The van der Waals surface area contributed by atoms with E-state index in [0.29, 0.717) is 17.9 Å². The van der Waals surface area contributed by atoms with Crippen LogP contribution in [0.3, 0.4) is 0 Å². The molecule has 102 valence electrons. The number of ketones is 1. The van der Waals surface area contributed by atoms with Gasteiger partial charge in [0.05, 0.1) is 11.2 Å². The summed E-state index contributed by atoms with van der Waals surface area (Å²) in [5, 5.41) is 5.81. The van der Waals surface area contributed by atoms with Crippen LogP contribution in [0.25, 0.3) is 10.6 Å². The van der Waals surface area contributed by atoms with E-state index in [9.17, 15) is 4.79 Å². The van der Waals surface area contributed by atoms with Crippen LogP contribution in [0.15, 0.2) is 46.8 Å². The van der Waals surface area contributed by atoms with Crippen LogP contribution in [0.5, 0.6) is 0 Å². The highest BCUT2D eigenvalue weighted by Crippen LogP contribution is 2.25. The molecule has 0 atom stereocenters.